The number of carbonyl (C=O) groups is 1. The molecule has 8 nitrogen and oxygen atoms in total. The van der Waals surface area contributed by atoms with Crippen LogP contribution in [0.4, 0.5) is 11.4 Å². The molecule has 0 aliphatic heterocycles. The first-order valence-electron chi connectivity index (χ1n) is 9.68. The van der Waals surface area contributed by atoms with E-state index in [9.17, 15) is 14.9 Å². The van der Waals surface area contributed by atoms with E-state index in [1.165, 1.54) is 6.07 Å². The zero-order chi connectivity index (χ0) is 21.8. The fourth-order valence-electron chi connectivity index (χ4n) is 3.30. The summed E-state index contributed by atoms with van der Waals surface area (Å²) >= 11 is 0. The van der Waals surface area contributed by atoms with Crippen molar-refractivity contribution in [1.82, 2.24) is 9.55 Å². The molecule has 0 aliphatic carbocycles. The van der Waals surface area contributed by atoms with Crippen molar-refractivity contribution >= 4 is 28.3 Å². The third kappa shape index (κ3) is 4.53. The van der Waals surface area contributed by atoms with Crippen LogP contribution in [0.25, 0.3) is 11.0 Å². The highest BCUT2D eigenvalue weighted by Gasteiger charge is 2.16. The molecule has 1 N–H and O–H groups in total. The number of imidazole rings is 1. The maximum Gasteiger partial charge on any atom is 0.274 e. The van der Waals surface area contributed by atoms with Gasteiger partial charge in [-0.3, -0.25) is 14.9 Å². The number of benzene rings is 3. The van der Waals surface area contributed by atoms with Crippen molar-refractivity contribution in [2.45, 2.75) is 20.1 Å². The van der Waals surface area contributed by atoms with E-state index in [2.05, 4.69) is 10.3 Å². The standard InChI is InChI=1S/C23H20N4O4/c1-16-11-12-17(13-21(16)27(29)30)24-23(28)14-26-20-10-6-5-9-19(20)25-22(26)15-31-18-7-3-2-4-8-18/h2-13H,14-15H2,1H3,(H,24,28). The highest BCUT2D eigenvalue weighted by molar-refractivity contribution is 5.92. The lowest BCUT2D eigenvalue weighted by atomic mass is 10.2. The molecule has 1 heterocycles. The van der Waals surface area contributed by atoms with E-state index in [-0.39, 0.29) is 24.7 Å². The van der Waals surface area contributed by atoms with Gasteiger partial charge in [0.05, 0.1) is 16.0 Å². The summed E-state index contributed by atoms with van der Waals surface area (Å²) in [6, 6.07) is 21.5. The number of amides is 1. The highest BCUT2D eigenvalue weighted by atomic mass is 16.6. The van der Waals surface area contributed by atoms with E-state index in [1.54, 1.807) is 23.6 Å². The maximum atomic E-state index is 12.7. The Morgan fingerprint density at radius 3 is 2.61 bits per heavy atom. The average Bonchev–Trinajstić information content (AvgIpc) is 3.11. The van der Waals surface area contributed by atoms with E-state index < -0.39 is 4.92 Å². The molecule has 0 saturated heterocycles. The summed E-state index contributed by atoms with van der Waals surface area (Å²) < 4.78 is 7.62. The molecule has 156 valence electrons. The molecule has 0 spiro atoms. The van der Waals surface area contributed by atoms with Crippen molar-refractivity contribution in [3.8, 4) is 5.75 Å². The number of aryl methyl sites for hydroxylation is 1. The van der Waals surface area contributed by atoms with Gasteiger partial charge in [-0.1, -0.05) is 36.4 Å². The number of nitro groups is 1. The fraction of sp³-hybridized carbons (Fsp3) is 0.130. The summed E-state index contributed by atoms with van der Waals surface area (Å²) in [5.74, 6) is 0.995. The normalized spacial score (nSPS) is 10.7. The van der Waals surface area contributed by atoms with Crippen LogP contribution in [0.2, 0.25) is 0 Å². The molecule has 1 amide bonds. The van der Waals surface area contributed by atoms with E-state index in [0.717, 1.165) is 11.0 Å². The summed E-state index contributed by atoms with van der Waals surface area (Å²) in [7, 11) is 0. The van der Waals surface area contributed by atoms with Crippen LogP contribution < -0.4 is 10.1 Å². The van der Waals surface area contributed by atoms with Crippen LogP contribution in [0.3, 0.4) is 0 Å². The summed E-state index contributed by atoms with van der Waals surface area (Å²) in [6.45, 7) is 1.85. The van der Waals surface area contributed by atoms with Crippen molar-refractivity contribution in [2.24, 2.45) is 0 Å². The summed E-state index contributed by atoms with van der Waals surface area (Å²) in [4.78, 5) is 28.0. The molecule has 3 aromatic carbocycles. The SMILES string of the molecule is Cc1ccc(NC(=O)Cn2c(COc3ccccc3)nc3ccccc32)cc1[N+](=O)[O-]. The summed E-state index contributed by atoms with van der Waals surface area (Å²) in [5.41, 5.74) is 2.42. The number of ether oxygens (including phenoxy) is 1. The lowest BCUT2D eigenvalue weighted by Crippen LogP contribution is -2.21. The number of nitrogens with one attached hydrogen (secondary N) is 1. The van der Waals surface area contributed by atoms with Gasteiger partial charge >= 0.3 is 0 Å². The van der Waals surface area contributed by atoms with Gasteiger partial charge in [0, 0.05) is 17.3 Å². The Hall–Kier alpha value is -4.20. The first-order valence-corrected chi connectivity index (χ1v) is 9.68. The molecular weight excluding hydrogens is 396 g/mol. The molecule has 0 atom stereocenters. The zero-order valence-corrected chi connectivity index (χ0v) is 16.8. The molecular formula is C23H20N4O4. The second-order valence-corrected chi connectivity index (χ2v) is 7.01. The number of hydrogen-bond donors (Lipinski definition) is 1. The minimum absolute atomic E-state index is 0.00430. The number of aromatic nitrogens is 2. The van der Waals surface area contributed by atoms with Crippen molar-refractivity contribution in [2.75, 3.05) is 5.32 Å². The van der Waals surface area contributed by atoms with E-state index in [0.29, 0.717) is 22.8 Å². The number of para-hydroxylation sites is 3. The quantitative estimate of drug-likeness (QED) is 0.354. The van der Waals surface area contributed by atoms with Crippen LogP contribution in [0.1, 0.15) is 11.4 Å². The molecule has 8 heteroatoms. The molecule has 0 fully saturated rings. The number of nitrogens with zero attached hydrogens (tertiary/aromatic N) is 3. The predicted octanol–water partition coefficient (Wildman–Crippen LogP) is 4.47. The Morgan fingerprint density at radius 2 is 1.84 bits per heavy atom. The zero-order valence-electron chi connectivity index (χ0n) is 16.8. The Bertz CT molecular complexity index is 1250. The molecule has 4 rings (SSSR count). The largest absolute Gasteiger partial charge is 0.486 e. The molecule has 4 aromatic rings. The van der Waals surface area contributed by atoms with Crippen LogP contribution in [0.15, 0.2) is 72.8 Å². The number of hydrogen-bond acceptors (Lipinski definition) is 5. The van der Waals surface area contributed by atoms with Gasteiger partial charge in [0.2, 0.25) is 5.91 Å². The maximum absolute atomic E-state index is 12.7. The Morgan fingerprint density at radius 1 is 1.10 bits per heavy atom. The van der Waals surface area contributed by atoms with Gasteiger partial charge < -0.3 is 14.6 Å². The van der Waals surface area contributed by atoms with E-state index in [1.807, 2.05) is 54.6 Å². The van der Waals surface area contributed by atoms with Crippen LogP contribution in [0.5, 0.6) is 5.75 Å². The third-order valence-electron chi connectivity index (χ3n) is 4.84. The smallest absolute Gasteiger partial charge is 0.274 e. The topological polar surface area (TPSA) is 99.3 Å². The fourth-order valence-corrected chi connectivity index (χ4v) is 3.30. The van der Waals surface area contributed by atoms with Gasteiger partial charge in [-0.15, -0.1) is 0 Å². The summed E-state index contributed by atoms with van der Waals surface area (Å²) in [6.07, 6.45) is 0. The second-order valence-electron chi connectivity index (χ2n) is 7.01. The number of rotatable bonds is 7. The number of carbonyl (C=O) groups excluding carboxylic acids is 1. The van der Waals surface area contributed by atoms with Gasteiger partial charge in [-0.2, -0.15) is 0 Å². The number of anilines is 1. The number of fused-ring (bicyclic) bond motifs is 1. The van der Waals surface area contributed by atoms with Gasteiger partial charge in [-0.05, 0) is 37.3 Å². The Labute approximate surface area is 178 Å². The molecule has 0 saturated carbocycles. The third-order valence-corrected chi connectivity index (χ3v) is 4.84. The average molecular weight is 416 g/mol. The first-order chi connectivity index (χ1) is 15.0. The molecule has 1 aromatic heterocycles. The molecule has 0 bridgehead atoms. The van der Waals surface area contributed by atoms with E-state index >= 15 is 0 Å². The Kier molecular flexibility index (Phi) is 5.61. The van der Waals surface area contributed by atoms with Crippen molar-refractivity contribution in [3.05, 3.63) is 94.3 Å². The minimum atomic E-state index is -0.465. The van der Waals surface area contributed by atoms with Crippen LogP contribution in [0, 0.1) is 17.0 Å². The monoisotopic (exact) mass is 416 g/mol. The lowest BCUT2D eigenvalue weighted by molar-refractivity contribution is -0.385. The predicted molar refractivity (Wildman–Crippen MR) is 117 cm³/mol. The van der Waals surface area contributed by atoms with Crippen LogP contribution in [-0.2, 0) is 17.9 Å². The van der Waals surface area contributed by atoms with Gasteiger partial charge in [-0.25, -0.2) is 4.98 Å². The van der Waals surface area contributed by atoms with Gasteiger partial charge in [0.1, 0.15) is 24.7 Å². The lowest BCUT2D eigenvalue weighted by Gasteiger charge is -2.11. The minimum Gasteiger partial charge on any atom is -0.486 e. The second kappa shape index (κ2) is 8.66. The van der Waals surface area contributed by atoms with Crippen molar-refractivity contribution in [3.63, 3.8) is 0 Å². The van der Waals surface area contributed by atoms with Crippen molar-refractivity contribution in [1.29, 1.82) is 0 Å². The number of nitro benzene ring substituents is 1. The van der Waals surface area contributed by atoms with Crippen LogP contribution >= 0.6 is 0 Å². The first kappa shape index (κ1) is 20.1. The molecule has 31 heavy (non-hydrogen) atoms. The van der Waals surface area contributed by atoms with Crippen LogP contribution in [-0.4, -0.2) is 20.4 Å². The van der Waals surface area contributed by atoms with E-state index in [4.69, 9.17) is 4.74 Å². The highest BCUT2D eigenvalue weighted by Crippen LogP contribution is 2.23. The summed E-state index contributed by atoms with van der Waals surface area (Å²) in [5, 5.41) is 13.9. The molecule has 0 aliphatic rings. The Balaban J connectivity index is 1.56. The van der Waals surface area contributed by atoms with Gasteiger partial charge in [0.15, 0.2) is 0 Å². The molecule has 0 radical (unpaired) electrons. The van der Waals surface area contributed by atoms with Gasteiger partial charge in [0.25, 0.3) is 5.69 Å². The molecule has 0 unspecified atom stereocenters. The van der Waals surface area contributed by atoms with Crippen molar-refractivity contribution < 1.29 is 14.5 Å².